The molecule has 1 aromatic rings. The Bertz CT molecular complexity index is 479. The first kappa shape index (κ1) is 13.4. The molecule has 3 rings (SSSR count). The molecule has 1 atom stereocenters. The van der Waals surface area contributed by atoms with Gasteiger partial charge in [0, 0.05) is 24.2 Å². The molecule has 1 saturated heterocycles. The lowest BCUT2D eigenvalue weighted by molar-refractivity contribution is 0.0717. The van der Waals surface area contributed by atoms with Gasteiger partial charge in [0.2, 0.25) is 0 Å². The summed E-state index contributed by atoms with van der Waals surface area (Å²) in [6.45, 7) is 1.85. The number of benzene rings is 1. The smallest absolute Gasteiger partial charge is 0.254 e. The van der Waals surface area contributed by atoms with E-state index in [0.29, 0.717) is 17.6 Å². The summed E-state index contributed by atoms with van der Waals surface area (Å²) in [6.07, 6.45) is 5.85. The van der Waals surface area contributed by atoms with Crippen LogP contribution in [-0.4, -0.2) is 41.1 Å². The van der Waals surface area contributed by atoms with E-state index in [0.717, 1.165) is 32.4 Å². The summed E-state index contributed by atoms with van der Waals surface area (Å²) in [7, 11) is 0. The van der Waals surface area contributed by atoms with Gasteiger partial charge in [0.05, 0.1) is 0 Å². The topological polar surface area (TPSA) is 52.6 Å². The molecule has 108 valence electrons. The maximum Gasteiger partial charge on any atom is 0.254 e. The molecule has 1 aromatic carbocycles. The maximum atomic E-state index is 12.6. The minimum atomic E-state index is 0.0516. The number of hydrogen-bond donors (Lipinski definition) is 2. The number of nitrogens with one attached hydrogen (secondary N) is 1. The largest absolute Gasteiger partial charge is 0.508 e. The van der Waals surface area contributed by atoms with Crippen LogP contribution in [0.1, 0.15) is 42.5 Å². The van der Waals surface area contributed by atoms with E-state index in [2.05, 4.69) is 5.32 Å². The van der Waals surface area contributed by atoms with Crippen LogP contribution >= 0.6 is 0 Å². The molecule has 0 spiro atoms. The monoisotopic (exact) mass is 274 g/mol. The van der Waals surface area contributed by atoms with Gasteiger partial charge in [-0.05, 0) is 50.4 Å². The van der Waals surface area contributed by atoms with Gasteiger partial charge in [0.1, 0.15) is 5.75 Å². The molecule has 1 amide bonds. The summed E-state index contributed by atoms with van der Waals surface area (Å²) in [4.78, 5) is 14.6. The van der Waals surface area contributed by atoms with Crippen molar-refractivity contribution in [2.45, 2.75) is 44.2 Å². The second-order valence-corrected chi connectivity index (χ2v) is 5.89. The molecule has 2 N–H and O–H groups in total. The molecule has 0 aromatic heterocycles. The molecule has 20 heavy (non-hydrogen) atoms. The fourth-order valence-electron chi connectivity index (χ4n) is 2.91. The minimum absolute atomic E-state index is 0.0516. The number of hydrogen-bond acceptors (Lipinski definition) is 3. The van der Waals surface area contributed by atoms with Crippen LogP contribution in [0.5, 0.6) is 5.75 Å². The molecule has 4 heteroatoms. The van der Waals surface area contributed by atoms with Crippen LogP contribution in [0.25, 0.3) is 0 Å². The van der Waals surface area contributed by atoms with Gasteiger partial charge in [0.15, 0.2) is 0 Å². The third kappa shape index (κ3) is 3.12. The van der Waals surface area contributed by atoms with Gasteiger partial charge in [0.25, 0.3) is 5.91 Å². The van der Waals surface area contributed by atoms with Crippen LogP contribution in [0.2, 0.25) is 0 Å². The van der Waals surface area contributed by atoms with Crippen molar-refractivity contribution >= 4 is 5.91 Å². The summed E-state index contributed by atoms with van der Waals surface area (Å²) in [5, 5.41) is 13.0. The van der Waals surface area contributed by atoms with Crippen molar-refractivity contribution in [2.75, 3.05) is 13.1 Å². The average molecular weight is 274 g/mol. The Morgan fingerprint density at radius 2 is 2.15 bits per heavy atom. The molecular formula is C16H22N2O2. The molecule has 2 fully saturated rings. The zero-order chi connectivity index (χ0) is 13.9. The molecule has 1 aliphatic heterocycles. The Kier molecular flexibility index (Phi) is 3.92. The molecule has 1 unspecified atom stereocenters. The summed E-state index contributed by atoms with van der Waals surface area (Å²) in [5.74, 6) is 0.207. The van der Waals surface area contributed by atoms with Crippen molar-refractivity contribution in [2.24, 2.45) is 0 Å². The first-order valence-corrected chi connectivity index (χ1v) is 7.57. The van der Waals surface area contributed by atoms with Gasteiger partial charge in [-0.2, -0.15) is 0 Å². The molecule has 2 aliphatic rings. The Morgan fingerprint density at radius 1 is 1.30 bits per heavy atom. The lowest BCUT2D eigenvalue weighted by Gasteiger charge is -2.31. The first-order valence-electron chi connectivity index (χ1n) is 7.57. The quantitative estimate of drug-likeness (QED) is 0.884. The Hall–Kier alpha value is -1.55. The van der Waals surface area contributed by atoms with E-state index in [1.165, 1.54) is 12.8 Å². The highest BCUT2D eigenvalue weighted by molar-refractivity contribution is 5.95. The van der Waals surface area contributed by atoms with E-state index in [1.807, 2.05) is 4.90 Å². The highest BCUT2D eigenvalue weighted by Gasteiger charge is 2.34. The molecule has 0 bridgehead atoms. The van der Waals surface area contributed by atoms with Crippen LogP contribution in [-0.2, 0) is 0 Å². The third-order valence-electron chi connectivity index (χ3n) is 4.17. The predicted octanol–water partition coefficient (Wildman–Crippen LogP) is 2.14. The van der Waals surface area contributed by atoms with E-state index >= 15 is 0 Å². The molecular weight excluding hydrogens is 252 g/mol. The number of rotatable bonds is 4. The fraction of sp³-hybridized carbons (Fsp3) is 0.562. The normalized spacial score (nSPS) is 22.5. The van der Waals surface area contributed by atoms with Crippen molar-refractivity contribution in [1.82, 2.24) is 10.2 Å². The summed E-state index contributed by atoms with van der Waals surface area (Å²) >= 11 is 0. The molecule has 4 nitrogen and oxygen atoms in total. The Labute approximate surface area is 119 Å². The Morgan fingerprint density at radius 3 is 2.80 bits per heavy atom. The number of amides is 1. The minimum Gasteiger partial charge on any atom is -0.508 e. The van der Waals surface area contributed by atoms with Gasteiger partial charge in [-0.1, -0.05) is 12.5 Å². The van der Waals surface area contributed by atoms with Crippen molar-refractivity contribution in [3.63, 3.8) is 0 Å². The number of phenols is 1. The third-order valence-corrected chi connectivity index (χ3v) is 4.17. The van der Waals surface area contributed by atoms with E-state index in [-0.39, 0.29) is 11.7 Å². The van der Waals surface area contributed by atoms with Crippen LogP contribution < -0.4 is 5.32 Å². The summed E-state index contributed by atoms with van der Waals surface area (Å²) < 4.78 is 0. The zero-order valence-electron chi connectivity index (χ0n) is 11.7. The lowest BCUT2D eigenvalue weighted by atomic mass is 10.0. The standard InChI is InChI=1S/C16H22N2O2/c19-15-6-3-4-12(10-15)16(20)18(14-7-8-14)11-13-5-1-2-9-17-13/h3-4,6,10,13-14,17,19H,1-2,5,7-9,11H2. The molecule has 1 saturated carbocycles. The van der Waals surface area contributed by atoms with Gasteiger partial charge in [-0.25, -0.2) is 0 Å². The van der Waals surface area contributed by atoms with Gasteiger partial charge < -0.3 is 15.3 Å². The number of piperidine rings is 1. The highest BCUT2D eigenvalue weighted by Crippen LogP contribution is 2.29. The number of carbonyl (C=O) groups excluding carboxylic acids is 1. The highest BCUT2D eigenvalue weighted by atomic mass is 16.3. The van der Waals surface area contributed by atoms with Crippen LogP contribution in [0.15, 0.2) is 24.3 Å². The van der Waals surface area contributed by atoms with Crippen molar-refractivity contribution in [3.8, 4) is 5.75 Å². The van der Waals surface area contributed by atoms with E-state index in [4.69, 9.17) is 0 Å². The van der Waals surface area contributed by atoms with Crippen LogP contribution in [0.3, 0.4) is 0 Å². The number of nitrogens with zero attached hydrogens (tertiary/aromatic N) is 1. The van der Waals surface area contributed by atoms with Crippen LogP contribution in [0, 0.1) is 0 Å². The SMILES string of the molecule is O=C(c1cccc(O)c1)N(CC1CCCCN1)C1CC1. The number of aromatic hydroxyl groups is 1. The number of carbonyl (C=O) groups is 1. The van der Waals surface area contributed by atoms with E-state index in [1.54, 1.807) is 24.3 Å². The van der Waals surface area contributed by atoms with E-state index < -0.39 is 0 Å². The second kappa shape index (κ2) is 5.83. The van der Waals surface area contributed by atoms with Crippen molar-refractivity contribution in [1.29, 1.82) is 0 Å². The van der Waals surface area contributed by atoms with Gasteiger partial charge in [-0.15, -0.1) is 0 Å². The first-order chi connectivity index (χ1) is 9.74. The van der Waals surface area contributed by atoms with E-state index in [9.17, 15) is 9.90 Å². The Balaban J connectivity index is 1.71. The van der Waals surface area contributed by atoms with Crippen LogP contribution in [0.4, 0.5) is 0 Å². The van der Waals surface area contributed by atoms with Gasteiger partial charge >= 0.3 is 0 Å². The van der Waals surface area contributed by atoms with Crippen molar-refractivity contribution in [3.05, 3.63) is 29.8 Å². The van der Waals surface area contributed by atoms with Gasteiger partial charge in [-0.3, -0.25) is 4.79 Å². The molecule has 0 radical (unpaired) electrons. The molecule has 1 heterocycles. The fourth-order valence-corrected chi connectivity index (χ4v) is 2.91. The second-order valence-electron chi connectivity index (χ2n) is 5.89. The lowest BCUT2D eigenvalue weighted by Crippen LogP contribution is -2.46. The maximum absolute atomic E-state index is 12.6. The van der Waals surface area contributed by atoms with Crippen molar-refractivity contribution < 1.29 is 9.90 Å². The zero-order valence-corrected chi connectivity index (χ0v) is 11.7. The number of phenolic OH excluding ortho intramolecular Hbond substituents is 1. The predicted molar refractivity (Wildman–Crippen MR) is 77.8 cm³/mol. The molecule has 1 aliphatic carbocycles. The average Bonchev–Trinajstić information content (AvgIpc) is 3.30. The summed E-state index contributed by atoms with van der Waals surface area (Å²) in [6, 6.07) is 7.49. The summed E-state index contributed by atoms with van der Waals surface area (Å²) in [5.41, 5.74) is 0.590.